The van der Waals surface area contributed by atoms with Crippen LogP contribution in [0.15, 0.2) is 0 Å². The highest BCUT2D eigenvalue weighted by Gasteiger charge is 2.39. The van der Waals surface area contributed by atoms with Crippen LogP contribution >= 0.6 is 0 Å². The number of hydrogen-bond donors (Lipinski definition) is 5. The van der Waals surface area contributed by atoms with Crippen molar-refractivity contribution < 1.29 is 14.6 Å². The Hall–Kier alpha value is -0.320. The van der Waals surface area contributed by atoms with E-state index in [4.69, 9.17) is 9.47 Å². The molecule has 0 bridgehead atoms. The van der Waals surface area contributed by atoms with Crippen molar-refractivity contribution in [3.63, 3.8) is 0 Å². The summed E-state index contributed by atoms with van der Waals surface area (Å²) in [6.07, 6.45) is 5.37. The molecule has 158 valence electrons. The third-order valence-corrected chi connectivity index (χ3v) is 6.36. The van der Waals surface area contributed by atoms with Crippen molar-refractivity contribution in [2.45, 2.75) is 75.3 Å². The minimum atomic E-state index is -0.721. The summed E-state index contributed by atoms with van der Waals surface area (Å²) in [6.45, 7) is 6.15. The first-order valence-electron chi connectivity index (χ1n) is 10.6. The minimum absolute atomic E-state index is 0.0182. The summed E-state index contributed by atoms with van der Waals surface area (Å²) in [4.78, 5) is 2.28. The summed E-state index contributed by atoms with van der Waals surface area (Å²) < 4.78 is 11.9. The molecular formula is C19H39N5O3. The van der Waals surface area contributed by atoms with Gasteiger partial charge in [-0.15, -0.1) is 0 Å². The van der Waals surface area contributed by atoms with E-state index >= 15 is 0 Å². The lowest BCUT2D eigenvalue weighted by molar-refractivity contribution is -0.125. The van der Waals surface area contributed by atoms with Crippen molar-refractivity contribution >= 4 is 0 Å². The summed E-state index contributed by atoms with van der Waals surface area (Å²) in [5.74, 6) is 0. The number of nitrogens with zero attached hydrogens (tertiary/aromatic N) is 1. The second-order valence-electron chi connectivity index (χ2n) is 8.33. The predicted octanol–water partition coefficient (Wildman–Crippen LogP) is -0.603. The standard InChI is InChI=1S/C19H39N5O3/c1-4-24-10-8-19(25,12-24)13-27-16-11-14(5-6-15(16)26-3)22-18-21-9-7-17(20-2)23-18/h14-18,20-23,25H,4-13H2,1-3H3. The lowest BCUT2D eigenvalue weighted by atomic mass is 9.90. The second-order valence-corrected chi connectivity index (χ2v) is 8.33. The third-order valence-electron chi connectivity index (χ3n) is 6.36. The first kappa shape index (κ1) is 21.4. The van der Waals surface area contributed by atoms with Crippen LogP contribution in [0.4, 0.5) is 0 Å². The van der Waals surface area contributed by atoms with Crippen molar-refractivity contribution in [3.05, 3.63) is 0 Å². The van der Waals surface area contributed by atoms with Crippen LogP contribution < -0.4 is 21.3 Å². The van der Waals surface area contributed by atoms with Crippen LogP contribution in [0, 0.1) is 0 Å². The maximum Gasteiger partial charge on any atom is 0.113 e. The molecule has 3 fully saturated rings. The van der Waals surface area contributed by atoms with Gasteiger partial charge in [0.15, 0.2) is 0 Å². The van der Waals surface area contributed by atoms with E-state index < -0.39 is 5.60 Å². The first-order valence-corrected chi connectivity index (χ1v) is 10.6. The molecule has 3 aliphatic rings. The molecule has 0 spiro atoms. The van der Waals surface area contributed by atoms with E-state index in [0.29, 0.717) is 25.4 Å². The zero-order valence-corrected chi connectivity index (χ0v) is 17.2. The van der Waals surface area contributed by atoms with Gasteiger partial charge >= 0.3 is 0 Å². The van der Waals surface area contributed by atoms with E-state index in [9.17, 15) is 5.11 Å². The molecule has 0 amide bonds. The molecule has 2 saturated heterocycles. The lowest BCUT2D eigenvalue weighted by Crippen LogP contribution is -2.66. The molecule has 0 aromatic heterocycles. The lowest BCUT2D eigenvalue weighted by Gasteiger charge is -2.40. The average Bonchev–Trinajstić information content (AvgIpc) is 3.08. The molecule has 6 unspecified atom stereocenters. The monoisotopic (exact) mass is 385 g/mol. The molecule has 8 nitrogen and oxygen atoms in total. The molecule has 0 aromatic rings. The fourth-order valence-electron chi connectivity index (χ4n) is 4.57. The number of nitrogens with one attached hydrogen (secondary N) is 4. The zero-order valence-electron chi connectivity index (χ0n) is 17.2. The van der Waals surface area contributed by atoms with E-state index in [1.807, 2.05) is 7.05 Å². The van der Waals surface area contributed by atoms with Gasteiger partial charge in [0.1, 0.15) is 11.9 Å². The highest BCUT2D eigenvalue weighted by molar-refractivity contribution is 4.92. The normalized spacial score (nSPS) is 41.1. The van der Waals surface area contributed by atoms with Crippen LogP contribution in [0.2, 0.25) is 0 Å². The van der Waals surface area contributed by atoms with Crippen molar-refractivity contribution in [3.8, 4) is 0 Å². The second kappa shape index (κ2) is 9.93. The molecule has 1 saturated carbocycles. The third kappa shape index (κ3) is 5.83. The number of β-amino-alcohol motifs (C(OH)–C–C–N with tert-alkyl or cyclic N) is 1. The van der Waals surface area contributed by atoms with E-state index in [-0.39, 0.29) is 18.5 Å². The Morgan fingerprint density at radius 1 is 1.26 bits per heavy atom. The highest BCUT2D eigenvalue weighted by atomic mass is 16.5. The summed E-state index contributed by atoms with van der Waals surface area (Å²) in [7, 11) is 3.75. The van der Waals surface area contributed by atoms with Crippen LogP contribution in [0.3, 0.4) is 0 Å². The zero-order chi connectivity index (χ0) is 19.3. The summed E-state index contributed by atoms with van der Waals surface area (Å²) >= 11 is 0. The van der Waals surface area contributed by atoms with Gasteiger partial charge in [0, 0.05) is 32.8 Å². The topological polar surface area (TPSA) is 90.1 Å². The quantitative estimate of drug-likeness (QED) is 0.378. The minimum Gasteiger partial charge on any atom is -0.386 e. The molecule has 0 radical (unpaired) electrons. The van der Waals surface area contributed by atoms with E-state index in [1.165, 1.54) is 0 Å². The van der Waals surface area contributed by atoms with Crippen molar-refractivity contribution in [1.82, 2.24) is 26.2 Å². The van der Waals surface area contributed by atoms with Gasteiger partial charge in [-0.1, -0.05) is 6.92 Å². The number of likely N-dealkylation sites (N-methyl/N-ethyl adjacent to an activating group) is 1. The van der Waals surface area contributed by atoms with Crippen LogP contribution in [-0.2, 0) is 9.47 Å². The van der Waals surface area contributed by atoms with Gasteiger partial charge in [-0.25, -0.2) is 0 Å². The highest BCUT2D eigenvalue weighted by Crippen LogP contribution is 2.27. The Kier molecular flexibility index (Phi) is 7.87. The fourth-order valence-corrected chi connectivity index (χ4v) is 4.57. The maximum absolute atomic E-state index is 10.8. The van der Waals surface area contributed by atoms with Crippen LogP contribution in [0.5, 0.6) is 0 Å². The van der Waals surface area contributed by atoms with Gasteiger partial charge in [0.25, 0.3) is 0 Å². The molecule has 6 atom stereocenters. The molecule has 2 aliphatic heterocycles. The van der Waals surface area contributed by atoms with Crippen molar-refractivity contribution in [2.75, 3.05) is 46.9 Å². The molecule has 2 heterocycles. The van der Waals surface area contributed by atoms with Crippen molar-refractivity contribution in [2.24, 2.45) is 0 Å². The molecule has 27 heavy (non-hydrogen) atoms. The number of methoxy groups -OCH3 is 1. The van der Waals surface area contributed by atoms with E-state index in [2.05, 4.69) is 33.1 Å². The Morgan fingerprint density at radius 3 is 2.81 bits per heavy atom. The van der Waals surface area contributed by atoms with Gasteiger partial charge in [-0.2, -0.15) is 0 Å². The summed E-state index contributed by atoms with van der Waals surface area (Å²) in [5.41, 5.74) is -0.721. The summed E-state index contributed by atoms with van der Waals surface area (Å²) in [6, 6.07) is 0.368. The Labute approximate surface area is 163 Å². The summed E-state index contributed by atoms with van der Waals surface area (Å²) in [5, 5.41) is 24.8. The maximum atomic E-state index is 10.8. The van der Waals surface area contributed by atoms with Gasteiger partial charge < -0.3 is 24.8 Å². The SMILES string of the molecule is CCN1CCC(O)(COC2CC(NC3NCCC(NC)N3)CCC2OC)C1. The Morgan fingerprint density at radius 2 is 2.11 bits per heavy atom. The first-order chi connectivity index (χ1) is 13.0. The number of ether oxygens (including phenoxy) is 2. The number of hydrogen-bond acceptors (Lipinski definition) is 8. The average molecular weight is 386 g/mol. The molecule has 5 N–H and O–H groups in total. The van der Waals surface area contributed by atoms with Gasteiger partial charge in [-0.3, -0.25) is 16.0 Å². The fraction of sp³-hybridized carbons (Fsp3) is 1.00. The number of aliphatic hydroxyl groups is 1. The van der Waals surface area contributed by atoms with Crippen LogP contribution in [0.25, 0.3) is 0 Å². The predicted molar refractivity (Wildman–Crippen MR) is 105 cm³/mol. The Bertz CT molecular complexity index is 457. The largest absolute Gasteiger partial charge is 0.386 e. The van der Waals surface area contributed by atoms with Crippen molar-refractivity contribution in [1.29, 1.82) is 0 Å². The molecule has 8 heteroatoms. The number of likely N-dealkylation sites (tertiary alicyclic amines) is 1. The molecule has 3 rings (SSSR count). The van der Waals surface area contributed by atoms with Crippen LogP contribution in [-0.4, -0.2) is 93.3 Å². The van der Waals surface area contributed by atoms with Gasteiger partial charge in [0.2, 0.25) is 0 Å². The van der Waals surface area contributed by atoms with Gasteiger partial charge in [-0.05, 0) is 45.7 Å². The van der Waals surface area contributed by atoms with E-state index in [1.54, 1.807) is 7.11 Å². The van der Waals surface area contributed by atoms with Crippen LogP contribution in [0.1, 0.15) is 39.0 Å². The van der Waals surface area contributed by atoms with Gasteiger partial charge in [0.05, 0.1) is 25.0 Å². The Balaban J connectivity index is 1.49. The molecule has 0 aromatic carbocycles. The number of rotatable bonds is 8. The van der Waals surface area contributed by atoms with E-state index in [0.717, 1.165) is 51.7 Å². The molecule has 1 aliphatic carbocycles. The smallest absolute Gasteiger partial charge is 0.113 e. The molecular weight excluding hydrogens is 346 g/mol.